The lowest BCUT2D eigenvalue weighted by molar-refractivity contribution is 0.0697. The number of hydrogen-bond acceptors (Lipinski definition) is 2. The highest BCUT2D eigenvalue weighted by atomic mass is 35.5. The number of aromatic nitrogens is 1. The Hall–Kier alpha value is -2.39. The van der Waals surface area contributed by atoms with Gasteiger partial charge in [-0.05, 0) is 19.4 Å². The molecule has 3 aromatic rings. The van der Waals surface area contributed by atoms with Gasteiger partial charge in [0.1, 0.15) is 0 Å². The van der Waals surface area contributed by atoms with Gasteiger partial charge in [-0.25, -0.2) is 4.79 Å². The van der Waals surface area contributed by atoms with E-state index >= 15 is 0 Å². The third-order valence-corrected chi connectivity index (χ3v) is 4.00. The van der Waals surface area contributed by atoms with Crippen molar-refractivity contribution in [3.05, 3.63) is 64.3 Å². The van der Waals surface area contributed by atoms with Crippen molar-refractivity contribution in [2.24, 2.45) is 0 Å². The number of fused-ring (bicyclic) bond motifs is 1. The zero-order valence-corrected chi connectivity index (χ0v) is 13.0. The molecule has 2 aromatic carbocycles. The maximum Gasteiger partial charge on any atom is 0.338 e. The molecule has 0 spiro atoms. The number of carboxylic acid groups (broad SMARTS) is 1. The van der Waals surface area contributed by atoms with Crippen LogP contribution in [0.25, 0.3) is 22.0 Å². The second kappa shape index (κ2) is 5.43. The average molecular weight is 312 g/mol. The first-order valence-electron chi connectivity index (χ1n) is 6.86. The second-order valence-corrected chi connectivity index (χ2v) is 5.75. The molecule has 0 bridgehead atoms. The van der Waals surface area contributed by atoms with Gasteiger partial charge in [0.05, 0.1) is 16.1 Å². The lowest BCUT2D eigenvalue weighted by atomic mass is 9.98. The standard InChI is InChI=1S/C18H14ClNO2/c1-10-6-11(2)8-12(7-10)13-4-3-5-14-16(19)15(18(21)22)9-20-17(13)14/h3-9H,1-2H3,(H,21,22). The number of carboxylic acids is 1. The van der Waals surface area contributed by atoms with Crippen molar-refractivity contribution in [1.82, 2.24) is 4.98 Å². The Kier molecular flexibility index (Phi) is 3.59. The van der Waals surface area contributed by atoms with Gasteiger partial charge in [0.2, 0.25) is 0 Å². The zero-order valence-electron chi connectivity index (χ0n) is 12.2. The number of benzene rings is 2. The first-order valence-corrected chi connectivity index (χ1v) is 7.24. The summed E-state index contributed by atoms with van der Waals surface area (Å²) in [6.07, 6.45) is 1.32. The SMILES string of the molecule is Cc1cc(C)cc(-c2cccc3c(Cl)c(C(=O)O)cnc23)c1. The highest BCUT2D eigenvalue weighted by molar-refractivity contribution is 6.38. The van der Waals surface area contributed by atoms with Gasteiger partial charge in [0, 0.05) is 17.1 Å². The highest BCUT2D eigenvalue weighted by Gasteiger charge is 2.15. The number of halogens is 1. The third kappa shape index (κ3) is 2.44. The van der Waals surface area contributed by atoms with Crippen molar-refractivity contribution < 1.29 is 9.90 Å². The number of aryl methyl sites for hydroxylation is 2. The fourth-order valence-electron chi connectivity index (χ4n) is 2.70. The minimum atomic E-state index is -1.07. The summed E-state index contributed by atoms with van der Waals surface area (Å²) in [7, 11) is 0. The first kappa shape index (κ1) is 14.5. The molecule has 0 saturated heterocycles. The number of aromatic carboxylic acids is 1. The monoisotopic (exact) mass is 311 g/mol. The summed E-state index contributed by atoms with van der Waals surface area (Å²) in [4.78, 5) is 15.5. The largest absolute Gasteiger partial charge is 0.478 e. The Labute approximate surface area is 133 Å². The van der Waals surface area contributed by atoms with Gasteiger partial charge in [0.25, 0.3) is 0 Å². The van der Waals surface area contributed by atoms with Crippen molar-refractivity contribution in [1.29, 1.82) is 0 Å². The number of para-hydroxylation sites is 1. The van der Waals surface area contributed by atoms with E-state index in [4.69, 9.17) is 16.7 Å². The van der Waals surface area contributed by atoms with Crippen LogP contribution in [0.2, 0.25) is 5.02 Å². The fourth-order valence-corrected chi connectivity index (χ4v) is 2.98. The van der Waals surface area contributed by atoms with Gasteiger partial charge in [-0.15, -0.1) is 0 Å². The molecule has 1 N–H and O–H groups in total. The first-order chi connectivity index (χ1) is 10.5. The van der Waals surface area contributed by atoms with Crippen LogP contribution in [-0.2, 0) is 0 Å². The zero-order chi connectivity index (χ0) is 15.9. The molecule has 0 amide bonds. The molecule has 0 unspecified atom stereocenters. The average Bonchev–Trinajstić information content (AvgIpc) is 2.45. The minimum absolute atomic E-state index is 0.0201. The molecule has 4 heteroatoms. The van der Waals surface area contributed by atoms with E-state index in [9.17, 15) is 4.79 Å². The molecule has 0 aliphatic carbocycles. The summed E-state index contributed by atoms with van der Waals surface area (Å²) in [5.41, 5.74) is 5.06. The molecule has 3 rings (SSSR count). The van der Waals surface area contributed by atoms with Crippen LogP contribution in [-0.4, -0.2) is 16.1 Å². The molecular formula is C18H14ClNO2. The van der Waals surface area contributed by atoms with Gasteiger partial charge in [0.15, 0.2) is 0 Å². The summed E-state index contributed by atoms with van der Waals surface area (Å²) in [5.74, 6) is -1.07. The molecule has 110 valence electrons. The summed E-state index contributed by atoms with van der Waals surface area (Å²) < 4.78 is 0. The molecular weight excluding hydrogens is 298 g/mol. The highest BCUT2D eigenvalue weighted by Crippen LogP contribution is 2.33. The van der Waals surface area contributed by atoms with E-state index in [1.165, 1.54) is 17.3 Å². The molecule has 0 aliphatic heterocycles. The van der Waals surface area contributed by atoms with E-state index in [0.717, 1.165) is 11.1 Å². The van der Waals surface area contributed by atoms with Crippen LogP contribution in [0.4, 0.5) is 0 Å². The normalized spacial score (nSPS) is 10.9. The third-order valence-electron chi connectivity index (χ3n) is 3.59. The van der Waals surface area contributed by atoms with Crippen LogP contribution >= 0.6 is 11.6 Å². The van der Waals surface area contributed by atoms with Crippen molar-refractivity contribution in [3.8, 4) is 11.1 Å². The van der Waals surface area contributed by atoms with Gasteiger partial charge >= 0.3 is 5.97 Å². The predicted molar refractivity (Wildman–Crippen MR) is 88.6 cm³/mol. The quantitative estimate of drug-likeness (QED) is 0.734. The topological polar surface area (TPSA) is 50.2 Å². The van der Waals surface area contributed by atoms with Crippen molar-refractivity contribution >= 4 is 28.5 Å². The Bertz CT molecular complexity index is 883. The summed E-state index contributed by atoms with van der Waals surface area (Å²) in [6.45, 7) is 4.09. The molecule has 1 heterocycles. The lowest BCUT2D eigenvalue weighted by Gasteiger charge is -2.10. The summed E-state index contributed by atoms with van der Waals surface area (Å²) >= 11 is 6.24. The number of carbonyl (C=O) groups is 1. The van der Waals surface area contributed by atoms with Gasteiger partial charge in [-0.2, -0.15) is 0 Å². The molecule has 0 fully saturated rings. The van der Waals surface area contributed by atoms with E-state index in [1.807, 2.05) is 26.0 Å². The molecule has 3 nitrogen and oxygen atoms in total. The van der Waals surface area contributed by atoms with E-state index in [2.05, 4.69) is 23.2 Å². The minimum Gasteiger partial charge on any atom is -0.478 e. The predicted octanol–water partition coefficient (Wildman–Crippen LogP) is 4.87. The van der Waals surface area contributed by atoms with Crippen molar-refractivity contribution in [2.75, 3.05) is 0 Å². The fraction of sp³-hybridized carbons (Fsp3) is 0.111. The number of nitrogens with zero attached hydrogens (tertiary/aromatic N) is 1. The van der Waals surface area contributed by atoms with Crippen LogP contribution < -0.4 is 0 Å². The molecule has 22 heavy (non-hydrogen) atoms. The molecule has 0 saturated carbocycles. The van der Waals surface area contributed by atoms with Crippen LogP contribution in [0.1, 0.15) is 21.5 Å². The molecule has 0 atom stereocenters. The Morgan fingerprint density at radius 1 is 1.14 bits per heavy atom. The maximum atomic E-state index is 11.2. The lowest BCUT2D eigenvalue weighted by Crippen LogP contribution is -1.99. The van der Waals surface area contributed by atoms with Gasteiger partial charge in [-0.1, -0.05) is 59.1 Å². The maximum absolute atomic E-state index is 11.2. The summed E-state index contributed by atoms with van der Waals surface area (Å²) in [5, 5.41) is 10.0. The van der Waals surface area contributed by atoms with E-state index < -0.39 is 5.97 Å². The number of pyridine rings is 1. The summed E-state index contributed by atoms with van der Waals surface area (Å²) in [6, 6.07) is 11.9. The smallest absolute Gasteiger partial charge is 0.338 e. The van der Waals surface area contributed by atoms with E-state index in [-0.39, 0.29) is 10.6 Å². The molecule has 0 aliphatic rings. The Morgan fingerprint density at radius 2 is 1.82 bits per heavy atom. The van der Waals surface area contributed by atoms with Crippen molar-refractivity contribution in [3.63, 3.8) is 0 Å². The molecule has 0 radical (unpaired) electrons. The number of rotatable bonds is 2. The van der Waals surface area contributed by atoms with Crippen molar-refractivity contribution in [2.45, 2.75) is 13.8 Å². The molecule has 1 aromatic heterocycles. The van der Waals surface area contributed by atoms with Gasteiger partial charge in [-0.3, -0.25) is 4.98 Å². The van der Waals surface area contributed by atoms with Crippen LogP contribution in [0.3, 0.4) is 0 Å². The Balaban J connectivity index is 2.32. The van der Waals surface area contributed by atoms with Gasteiger partial charge < -0.3 is 5.11 Å². The Morgan fingerprint density at radius 3 is 2.45 bits per heavy atom. The van der Waals surface area contributed by atoms with E-state index in [1.54, 1.807) is 6.07 Å². The van der Waals surface area contributed by atoms with Crippen LogP contribution in [0.5, 0.6) is 0 Å². The van der Waals surface area contributed by atoms with Crippen LogP contribution in [0.15, 0.2) is 42.6 Å². The number of hydrogen-bond donors (Lipinski definition) is 1. The van der Waals surface area contributed by atoms with E-state index in [0.29, 0.717) is 10.9 Å². The second-order valence-electron chi connectivity index (χ2n) is 5.37. The van der Waals surface area contributed by atoms with Crippen LogP contribution in [0, 0.1) is 13.8 Å².